The van der Waals surface area contributed by atoms with E-state index in [4.69, 9.17) is 11.6 Å². The summed E-state index contributed by atoms with van der Waals surface area (Å²) >= 11 is 5.93. The quantitative estimate of drug-likeness (QED) is 0.844. The Hall–Kier alpha value is -1.39. The van der Waals surface area contributed by atoms with E-state index in [1.807, 2.05) is 19.3 Å². The van der Waals surface area contributed by atoms with Gasteiger partial charge in [-0.05, 0) is 23.8 Å². The Bertz CT molecular complexity index is 525. The number of benzene rings is 1. The summed E-state index contributed by atoms with van der Waals surface area (Å²) in [6.45, 7) is 1.44. The van der Waals surface area contributed by atoms with Gasteiger partial charge in [0.25, 0.3) is 0 Å². The Balaban J connectivity index is 1.78. The highest BCUT2D eigenvalue weighted by Gasteiger charge is 2.02. The van der Waals surface area contributed by atoms with Gasteiger partial charge in [0.05, 0.1) is 5.69 Å². The fourth-order valence-corrected chi connectivity index (χ4v) is 1.94. The molecule has 0 aliphatic rings. The van der Waals surface area contributed by atoms with Crippen LogP contribution in [0, 0.1) is 5.82 Å². The van der Waals surface area contributed by atoms with Gasteiger partial charge in [-0.3, -0.25) is 4.68 Å². The molecule has 0 bridgehead atoms. The van der Waals surface area contributed by atoms with Crippen molar-refractivity contribution in [3.63, 3.8) is 0 Å². The van der Waals surface area contributed by atoms with Gasteiger partial charge >= 0.3 is 0 Å². The molecule has 0 atom stereocenters. The maximum atomic E-state index is 12.8. The normalized spacial score (nSPS) is 10.8. The third-order valence-corrected chi connectivity index (χ3v) is 3.01. The topological polar surface area (TPSA) is 29.9 Å². The highest BCUT2D eigenvalue weighted by molar-refractivity contribution is 6.31. The summed E-state index contributed by atoms with van der Waals surface area (Å²) in [5.74, 6) is -0.308. The minimum atomic E-state index is -0.308. The lowest BCUT2D eigenvalue weighted by Crippen LogP contribution is -2.17. The second-order valence-corrected chi connectivity index (χ2v) is 4.55. The van der Waals surface area contributed by atoms with Crippen molar-refractivity contribution >= 4 is 11.6 Å². The first-order valence-corrected chi connectivity index (χ1v) is 6.16. The predicted molar refractivity (Wildman–Crippen MR) is 70.0 cm³/mol. The number of halogens is 2. The molecule has 0 amide bonds. The highest BCUT2D eigenvalue weighted by atomic mass is 35.5. The summed E-state index contributed by atoms with van der Waals surface area (Å²) in [7, 11) is 1.90. The van der Waals surface area contributed by atoms with Crippen LogP contribution in [0.3, 0.4) is 0 Å². The van der Waals surface area contributed by atoms with Gasteiger partial charge in [0.1, 0.15) is 5.82 Å². The molecule has 1 aromatic heterocycles. The average molecular weight is 268 g/mol. The van der Waals surface area contributed by atoms with Gasteiger partial charge in [0.15, 0.2) is 0 Å². The molecule has 1 N–H and O–H groups in total. The second-order valence-electron chi connectivity index (χ2n) is 4.14. The van der Waals surface area contributed by atoms with E-state index in [-0.39, 0.29) is 5.82 Å². The van der Waals surface area contributed by atoms with E-state index in [9.17, 15) is 4.39 Å². The lowest BCUT2D eigenvalue weighted by molar-refractivity contribution is 0.624. The Labute approximate surface area is 111 Å². The van der Waals surface area contributed by atoms with E-state index < -0.39 is 0 Å². The molecule has 3 nitrogen and oxygen atoms in total. The minimum Gasteiger partial charge on any atom is -0.312 e. The Morgan fingerprint density at radius 3 is 2.89 bits per heavy atom. The molecule has 0 unspecified atom stereocenters. The predicted octanol–water partition coefficient (Wildman–Crippen LogP) is 2.54. The first kappa shape index (κ1) is 13.1. The Kier molecular flexibility index (Phi) is 4.33. The van der Waals surface area contributed by atoms with Crippen LogP contribution in [-0.2, 0) is 20.0 Å². The summed E-state index contributed by atoms with van der Waals surface area (Å²) in [6, 6.07) is 6.44. The molecule has 0 spiro atoms. The van der Waals surface area contributed by atoms with Crippen LogP contribution >= 0.6 is 11.6 Å². The van der Waals surface area contributed by atoms with Crippen LogP contribution in [0.4, 0.5) is 4.39 Å². The van der Waals surface area contributed by atoms with E-state index in [0.29, 0.717) is 11.6 Å². The Morgan fingerprint density at radius 1 is 1.39 bits per heavy atom. The second kappa shape index (κ2) is 5.98. The molecule has 2 aromatic rings. The fraction of sp³-hybridized carbons (Fsp3) is 0.308. The standard InChI is InChI=1S/C13H15ClFN3/c1-18-7-5-12(17-18)4-6-16-9-10-2-3-11(15)8-13(10)14/h2-3,5,7-8,16H,4,6,9H2,1H3. The molecule has 5 heteroatoms. The number of aromatic nitrogens is 2. The van der Waals surface area contributed by atoms with Crippen molar-refractivity contribution < 1.29 is 4.39 Å². The largest absolute Gasteiger partial charge is 0.312 e. The molecule has 18 heavy (non-hydrogen) atoms. The molecule has 0 radical (unpaired) electrons. The lowest BCUT2D eigenvalue weighted by atomic mass is 10.2. The number of nitrogens with zero attached hydrogens (tertiary/aromatic N) is 2. The van der Waals surface area contributed by atoms with E-state index in [1.165, 1.54) is 12.1 Å². The molecular formula is C13H15ClFN3. The van der Waals surface area contributed by atoms with Gasteiger partial charge in [0, 0.05) is 37.8 Å². The molecule has 0 aliphatic carbocycles. The Morgan fingerprint density at radius 2 is 2.22 bits per heavy atom. The maximum absolute atomic E-state index is 12.8. The summed E-state index contributed by atoms with van der Waals surface area (Å²) in [5, 5.41) is 8.01. The van der Waals surface area contributed by atoms with Crippen LogP contribution in [0.25, 0.3) is 0 Å². The lowest BCUT2D eigenvalue weighted by Gasteiger charge is -2.06. The van der Waals surface area contributed by atoms with Crippen molar-refractivity contribution in [2.75, 3.05) is 6.54 Å². The molecule has 96 valence electrons. The summed E-state index contributed by atoms with van der Waals surface area (Å²) < 4.78 is 14.6. The number of aryl methyl sites for hydroxylation is 1. The van der Waals surface area contributed by atoms with Crippen molar-refractivity contribution in [3.8, 4) is 0 Å². The van der Waals surface area contributed by atoms with E-state index in [0.717, 1.165) is 24.2 Å². The van der Waals surface area contributed by atoms with Crippen LogP contribution < -0.4 is 5.32 Å². The number of hydrogen-bond donors (Lipinski definition) is 1. The first-order chi connectivity index (χ1) is 8.65. The van der Waals surface area contributed by atoms with Crippen LogP contribution in [0.1, 0.15) is 11.3 Å². The van der Waals surface area contributed by atoms with Gasteiger partial charge in [-0.1, -0.05) is 17.7 Å². The van der Waals surface area contributed by atoms with Crippen LogP contribution in [0.15, 0.2) is 30.5 Å². The first-order valence-electron chi connectivity index (χ1n) is 5.78. The fourth-order valence-electron chi connectivity index (χ4n) is 1.70. The third kappa shape index (κ3) is 3.55. The number of hydrogen-bond acceptors (Lipinski definition) is 2. The molecular weight excluding hydrogens is 253 g/mol. The minimum absolute atomic E-state index is 0.308. The van der Waals surface area contributed by atoms with E-state index in [2.05, 4.69) is 10.4 Å². The molecule has 1 aromatic carbocycles. The van der Waals surface area contributed by atoms with Crippen LogP contribution in [0.5, 0.6) is 0 Å². The van der Waals surface area contributed by atoms with Crippen molar-refractivity contribution in [3.05, 3.63) is 52.6 Å². The van der Waals surface area contributed by atoms with Crippen LogP contribution in [-0.4, -0.2) is 16.3 Å². The molecule has 0 fully saturated rings. The number of nitrogens with one attached hydrogen (secondary N) is 1. The zero-order valence-corrected chi connectivity index (χ0v) is 10.9. The van der Waals surface area contributed by atoms with Crippen molar-refractivity contribution in [2.24, 2.45) is 7.05 Å². The molecule has 2 rings (SSSR count). The summed E-state index contributed by atoms with van der Waals surface area (Å²) in [6.07, 6.45) is 2.78. The SMILES string of the molecule is Cn1ccc(CCNCc2ccc(F)cc2Cl)n1. The van der Waals surface area contributed by atoms with E-state index >= 15 is 0 Å². The average Bonchev–Trinajstić information content (AvgIpc) is 2.73. The maximum Gasteiger partial charge on any atom is 0.124 e. The van der Waals surface area contributed by atoms with Crippen molar-refractivity contribution in [1.82, 2.24) is 15.1 Å². The van der Waals surface area contributed by atoms with Gasteiger partial charge in [-0.15, -0.1) is 0 Å². The molecule has 0 saturated heterocycles. The van der Waals surface area contributed by atoms with Gasteiger partial charge in [-0.2, -0.15) is 5.10 Å². The smallest absolute Gasteiger partial charge is 0.124 e. The molecule has 0 aliphatic heterocycles. The van der Waals surface area contributed by atoms with Crippen molar-refractivity contribution in [1.29, 1.82) is 0 Å². The summed E-state index contributed by atoms with van der Waals surface area (Å²) in [5.41, 5.74) is 1.95. The summed E-state index contributed by atoms with van der Waals surface area (Å²) in [4.78, 5) is 0. The highest BCUT2D eigenvalue weighted by Crippen LogP contribution is 2.16. The molecule has 0 saturated carbocycles. The zero-order valence-electron chi connectivity index (χ0n) is 10.2. The van der Waals surface area contributed by atoms with E-state index in [1.54, 1.807) is 10.7 Å². The third-order valence-electron chi connectivity index (χ3n) is 2.66. The zero-order chi connectivity index (χ0) is 13.0. The van der Waals surface area contributed by atoms with Crippen molar-refractivity contribution in [2.45, 2.75) is 13.0 Å². The van der Waals surface area contributed by atoms with Gasteiger partial charge in [-0.25, -0.2) is 4.39 Å². The number of rotatable bonds is 5. The molecule has 1 heterocycles. The van der Waals surface area contributed by atoms with Crippen LogP contribution in [0.2, 0.25) is 5.02 Å². The van der Waals surface area contributed by atoms with Gasteiger partial charge < -0.3 is 5.32 Å². The van der Waals surface area contributed by atoms with Gasteiger partial charge in [0.2, 0.25) is 0 Å². The monoisotopic (exact) mass is 267 g/mol.